The molecule has 0 spiro atoms. The molecule has 0 aromatic rings. The molecule has 0 amide bonds. The summed E-state index contributed by atoms with van der Waals surface area (Å²) in [6.07, 6.45) is 7.93. The number of ether oxygens (including phenoxy) is 1. The number of nitrogens with two attached hydrogens (primary N) is 1. The Morgan fingerprint density at radius 1 is 1.35 bits per heavy atom. The molecule has 2 unspecified atom stereocenters. The van der Waals surface area contributed by atoms with Gasteiger partial charge in [0.1, 0.15) is 0 Å². The zero-order valence-corrected chi connectivity index (χ0v) is 11.7. The van der Waals surface area contributed by atoms with Crippen molar-refractivity contribution in [3.8, 4) is 0 Å². The van der Waals surface area contributed by atoms with Gasteiger partial charge >= 0.3 is 0 Å². The molecule has 1 aliphatic heterocycles. The van der Waals surface area contributed by atoms with Crippen molar-refractivity contribution >= 4 is 0 Å². The number of unbranched alkanes of at least 4 members (excludes halogenated alkanes) is 3. The largest absolute Gasteiger partial charge is 0.384 e. The van der Waals surface area contributed by atoms with Crippen LogP contribution in [0.3, 0.4) is 0 Å². The van der Waals surface area contributed by atoms with E-state index in [0.717, 1.165) is 19.1 Å². The molecule has 102 valence electrons. The van der Waals surface area contributed by atoms with Crippen LogP contribution in [0.4, 0.5) is 0 Å². The van der Waals surface area contributed by atoms with Crippen molar-refractivity contribution in [1.29, 1.82) is 0 Å². The molecule has 17 heavy (non-hydrogen) atoms. The lowest BCUT2D eigenvalue weighted by atomic mass is 10.1. The van der Waals surface area contributed by atoms with Gasteiger partial charge in [-0.1, -0.05) is 32.6 Å². The quantitative estimate of drug-likeness (QED) is 0.630. The molecule has 1 fully saturated rings. The number of nitrogens with zero attached hydrogens (tertiary/aromatic N) is 1. The highest BCUT2D eigenvalue weighted by Crippen LogP contribution is 2.21. The first kappa shape index (κ1) is 14.9. The molecule has 1 rings (SSSR count). The second kappa shape index (κ2) is 8.90. The zero-order valence-electron chi connectivity index (χ0n) is 11.7. The van der Waals surface area contributed by atoms with E-state index >= 15 is 0 Å². The highest BCUT2D eigenvalue weighted by atomic mass is 16.5. The summed E-state index contributed by atoms with van der Waals surface area (Å²) in [5.41, 5.74) is 5.91. The highest BCUT2D eigenvalue weighted by Gasteiger charge is 2.26. The lowest BCUT2D eigenvalue weighted by Gasteiger charge is -2.26. The number of methoxy groups -OCH3 is 1. The topological polar surface area (TPSA) is 38.5 Å². The molecule has 3 heteroatoms. The van der Waals surface area contributed by atoms with Gasteiger partial charge in [-0.25, -0.2) is 0 Å². The molecule has 1 heterocycles. The van der Waals surface area contributed by atoms with Crippen LogP contribution in [0.15, 0.2) is 0 Å². The van der Waals surface area contributed by atoms with Crippen LogP contribution in [0, 0.1) is 5.92 Å². The van der Waals surface area contributed by atoms with Crippen LogP contribution in [0.2, 0.25) is 0 Å². The third-order valence-electron chi connectivity index (χ3n) is 3.90. The normalized spacial score (nSPS) is 23.1. The number of hydrogen-bond donors (Lipinski definition) is 1. The maximum absolute atomic E-state index is 5.91. The summed E-state index contributed by atoms with van der Waals surface area (Å²) in [6.45, 7) is 6.37. The minimum absolute atomic E-state index is 0.605. The summed E-state index contributed by atoms with van der Waals surface area (Å²) >= 11 is 0. The molecule has 0 aromatic carbocycles. The highest BCUT2D eigenvalue weighted by molar-refractivity contribution is 4.82. The Morgan fingerprint density at radius 2 is 2.18 bits per heavy atom. The maximum atomic E-state index is 5.91. The second-order valence-corrected chi connectivity index (χ2v) is 5.34. The second-order valence-electron chi connectivity index (χ2n) is 5.34. The smallest absolute Gasteiger partial charge is 0.0503 e. The van der Waals surface area contributed by atoms with Crippen LogP contribution >= 0.6 is 0 Å². The third kappa shape index (κ3) is 5.36. The summed E-state index contributed by atoms with van der Waals surface area (Å²) in [6, 6.07) is 0.605. The van der Waals surface area contributed by atoms with Gasteiger partial charge in [-0.15, -0.1) is 0 Å². The molecule has 2 N–H and O–H groups in total. The predicted molar refractivity (Wildman–Crippen MR) is 73.2 cm³/mol. The summed E-state index contributed by atoms with van der Waals surface area (Å²) in [7, 11) is 1.80. The Labute approximate surface area is 107 Å². The van der Waals surface area contributed by atoms with Crippen LogP contribution in [-0.2, 0) is 4.74 Å². The van der Waals surface area contributed by atoms with Gasteiger partial charge in [-0.2, -0.15) is 0 Å². The van der Waals surface area contributed by atoms with Gasteiger partial charge in [0, 0.05) is 26.2 Å². The molecular weight excluding hydrogens is 212 g/mol. The van der Waals surface area contributed by atoms with Crippen molar-refractivity contribution in [1.82, 2.24) is 4.90 Å². The molecule has 1 saturated heterocycles. The van der Waals surface area contributed by atoms with E-state index in [1.54, 1.807) is 7.11 Å². The average Bonchev–Trinajstić information content (AvgIpc) is 2.78. The first-order valence-corrected chi connectivity index (χ1v) is 7.24. The maximum Gasteiger partial charge on any atom is 0.0503 e. The van der Waals surface area contributed by atoms with Crippen molar-refractivity contribution in [2.75, 3.05) is 33.4 Å². The SMILES string of the molecule is CCCCCCC(CN)N1CCC(COC)C1. The van der Waals surface area contributed by atoms with E-state index in [2.05, 4.69) is 11.8 Å². The zero-order chi connectivity index (χ0) is 12.5. The van der Waals surface area contributed by atoms with Crippen LogP contribution in [0.25, 0.3) is 0 Å². The van der Waals surface area contributed by atoms with E-state index in [1.165, 1.54) is 51.6 Å². The summed E-state index contributed by atoms with van der Waals surface area (Å²) in [4.78, 5) is 2.58. The van der Waals surface area contributed by atoms with Crippen LogP contribution < -0.4 is 5.73 Å². The van der Waals surface area contributed by atoms with E-state index in [9.17, 15) is 0 Å². The molecule has 2 atom stereocenters. The Balaban J connectivity index is 2.21. The van der Waals surface area contributed by atoms with Crippen molar-refractivity contribution in [2.24, 2.45) is 11.7 Å². The Kier molecular flexibility index (Phi) is 7.82. The first-order chi connectivity index (χ1) is 8.31. The summed E-state index contributed by atoms with van der Waals surface area (Å²) < 4.78 is 5.24. The minimum atomic E-state index is 0.605. The lowest BCUT2D eigenvalue weighted by Crippen LogP contribution is -2.39. The van der Waals surface area contributed by atoms with Crippen molar-refractivity contribution in [3.05, 3.63) is 0 Å². The fraction of sp³-hybridized carbons (Fsp3) is 1.00. The van der Waals surface area contributed by atoms with Crippen molar-refractivity contribution in [2.45, 2.75) is 51.5 Å². The number of hydrogen-bond acceptors (Lipinski definition) is 3. The Hall–Kier alpha value is -0.120. The molecule has 1 aliphatic rings. The van der Waals surface area contributed by atoms with E-state index in [4.69, 9.17) is 10.5 Å². The minimum Gasteiger partial charge on any atom is -0.384 e. The predicted octanol–water partition coefficient (Wildman–Crippen LogP) is 2.25. The third-order valence-corrected chi connectivity index (χ3v) is 3.90. The van der Waals surface area contributed by atoms with Gasteiger partial charge in [-0.05, 0) is 25.3 Å². The molecule has 0 bridgehead atoms. The fourth-order valence-electron chi connectivity index (χ4n) is 2.82. The van der Waals surface area contributed by atoms with E-state index in [1.807, 2.05) is 0 Å². The summed E-state index contributed by atoms with van der Waals surface area (Å²) in [5, 5.41) is 0. The fourth-order valence-corrected chi connectivity index (χ4v) is 2.82. The average molecular weight is 242 g/mol. The Morgan fingerprint density at radius 3 is 2.82 bits per heavy atom. The first-order valence-electron chi connectivity index (χ1n) is 7.24. The van der Waals surface area contributed by atoms with Gasteiger partial charge in [0.05, 0.1) is 6.61 Å². The lowest BCUT2D eigenvalue weighted by molar-refractivity contribution is 0.145. The van der Waals surface area contributed by atoms with Gasteiger partial charge in [-0.3, -0.25) is 4.90 Å². The van der Waals surface area contributed by atoms with E-state index < -0.39 is 0 Å². The molecule has 0 radical (unpaired) electrons. The van der Waals surface area contributed by atoms with Crippen LogP contribution in [0.1, 0.15) is 45.4 Å². The van der Waals surface area contributed by atoms with E-state index in [0.29, 0.717) is 6.04 Å². The van der Waals surface area contributed by atoms with Crippen LogP contribution in [0.5, 0.6) is 0 Å². The molecule has 0 aromatic heterocycles. The van der Waals surface area contributed by atoms with Gasteiger partial charge in [0.2, 0.25) is 0 Å². The van der Waals surface area contributed by atoms with Gasteiger partial charge in [0.15, 0.2) is 0 Å². The van der Waals surface area contributed by atoms with Crippen molar-refractivity contribution < 1.29 is 4.74 Å². The molecule has 3 nitrogen and oxygen atoms in total. The van der Waals surface area contributed by atoms with Crippen molar-refractivity contribution in [3.63, 3.8) is 0 Å². The van der Waals surface area contributed by atoms with Gasteiger partial charge < -0.3 is 10.5 Å². The number of rotatable bonds is 9. The molecular formula is C14H30N2O. The standard InChI is InChI=1S/C14H30N2O/c1-3-4-5-6-7-14(10-15)16-9-8-13(11-16)12-17-2/h13-14H,3-12,15H2,1-2H3. The molecule has 0 saturated carbocycles. The Bertz CT molecular complexity index is 187. The van der Waals surface area contributed by atoms with Crippen LogP contribution in [-0.4, -0.2) is 44.3 Å². The summed E-state index contributed by atoms with van der Waals surface area (Å²) in [5.74, 6) is 0.727. The number of likely N-dealkylation sites (tertiary alicyclic amines) is 1. The molecule has 0 aliphatic carbocycles. The van der Waals surface area contributed by atoms with E-state index in [-0.39, 0.29) is 0 Å². The monoisotopic (exact) mass is 242 g/mol. The van der Waals surface area contributed by atoms with Gasteiger partial charge in [0.25, 0.3) is 0 Å².